The molecule has 0 aromatic carbocycles. The third-order valence-electron chi connectivity index (χ3n) is 1.34. The van der Waals surface area contributed by atoms with E-state index in [2.05, 4.69) is 4.98 Å². The summed E-state index contributed by atoms with van der Waals surface area (Å²) in [6.45, 7) is -0.364. The van der Waals surface area contributed by atoms with E-state index in [1.165, 1.54) is 12.1 Å². The van der Waals surface area contributed by atoms with Crippen LogP contribution in [0, 0.1) is 0 Å². The molecule has 0 saturated heterocycles. The Morgan fingerprint density at radius 3 is 2.25 bits per heavy atom. The second-order valence-corrected chi connectivity index (χ2v) is 3.02. The number of pyridine rings is 1. The molecule has 1 unspecified atom stereocenters. The molecule has 3 nitrogen and oxygen atoms in total. The minimum absolute atomic E-state index is 0.199. The fraction of sp³-hybridized carbons (Fsp3) is 0.286. The highest BCUT2D eigenvalue weighted by Crippen LogP contribution is 2.19. The minimum Gasteiger partial charge on any atom is -0.393 e. The second-order valence-electron chi connectivity index (χ2n) is 2.24. The highest BCUT2D eigenvalue weighted by atomic mass is 35.5. The van der Waals surface area contributed by atoms with Crippen molar-refractivity contribution < 1.29 is 10.2 Å². The van der Waals surface area contributed by atoms with Crippen LogP contribution in [0.15, 0.2) is 12.1 Å². The normalized spacial score (nSPS) is 13.0. The summed E-state index contributed by atoms with van der Waals surface area (Å²) in [5, 5.41) is 18.2. The first-order valence-corrected chi connectivity index (χ1v) is 4.01. The Kier molecular flexibility index (Phi) is 3.29. The number of rotatable bonds is 2. The van der Waals surface area contributed by atoms with Gasteiger partial charge in [-0.2, -0.15) is 0 Å². The van der Waals surface area contributed by atoms with Crippen molar-refractivity contribution in [2.75, 3.05) is 6.61 Å². The molecule has 0 spiro atoms. The highest BCUT2D eigenvalue weighted by Gasteiger charge is 2.07. The average Bonchev–Trinajstić information content (AvgIpc) is 2.01. The van der Waals surface area contributed by atoms with Gasteiger partial charge in [0.05, 0.1) is 6.61 Å². The lowest BCUT2D eigenvalue weighted by Crippen LogP contribution is -2.02. The lowest BCUT2D eigenvalue weighted by atomic mass is 10.2. The number of hydrogen-bond acceptors (Lipinski definition) is 3. The van der Waals surface area contributed by atoms with Gasteiger partial charge in [-0.25, -0.2) is 4.98 Å². The molecule has 1 rings (SSSR count). The average molecular weight is 208 g/mol. The summed E-state index contributed by atoms with van der Waals surface area (Å²) >= 11 is 11.1. The van der Waals surface area contributed by atoms with Crippen LogP contribution >= 0.6 is 23.2 Å². The van der Waals surface area contributed by atoms with Crippen molar-refractivity contribution in [1.29, 1.82) is 0 Å². The summed E-state index contributed by atoms with van der Waals surface area (Å²) in [4.78, 5) is 3.69. The minimum atomic E-state index is -0.956. The lowest BCUT2D eigenvalue weighted by Gasteiger charge is -2.07. The molecule has 0 aliphatic carbocycles. The van der Waals surface area contributed by atoms with E-state index in [4.69, 9.17) is 28.3 Å². The van der Waals surface area contributed by atoms with Crippen molar-refractivity contribution in [1.82, 2.24) is 4.98 Å². The molecule has 0 aliphatic heterocycles. The van der Waals surface area contributed by atoms with Crippen LogP contribution in [0.2, 0.25) is 10.3 Å². The van der Waals surface area contributed by atoms with Gasteiger partial charge < -0.3 is 10.2 Å². The number of halogens is 2. The van der Waals surface area contributed by atoms with Gasteiger partial charge in [0.15, 0.2) is 0 Å². The molecule has 0 saturated carbocycles. The van der Waals surface area contributed by atoms with Crippen molar-refractivity contribution in [2.45, 2.75) is 6.10 Å². The van der Waals surface area contributed by atoms with Crippen molar-refractivity contribution in [3.8, 4) is 0 Å². The third kappa shape index (κ3) is 2.32. The van der Waals surface area contributed by atoms with Gasteiger partial charge in [0.2, 0.25) is 0 Å². The Hall–Kier alpha value is -0.350. The summed E-state index contributed by atoms with van der Waals surface area (Å²) in [7, 11) is 0. The van der Waals surface area contributed by atoms with Crippen LogP contribution in [0.5, 0.6) is 0 Å². The molecular formula is C7H7Cl2NO2. The van der Waals surface area contributed by atoms with E-state index in [9.17, 15) is 5.11 Å². The van der Waals surface area contributed by atoms with Gasteiger partial charge in [0, 0.05) is 0 Å². The van der Waals surface area contributed by atoms with E-state index in [1.807, 2.05) is 0 Å². The van der Waals surface area contributed by atoms with Crippen LogP contribution in [-0.2, 0) is 0 Å². The predicted molar refractivity (Wildman–Crippen MR) is 46.3 cm³/mol. The summed E-state index contributed by atoms with van der Waals surface area (Å²) in [5.74, 6) is 0. The Balaban J connectivity index is 3.00. The third-order valence-corrected chi connectivity index (χ3v) is 1.73. The molecule has 66 valence electrons. The molecule has 0 fully saturated rings. The van der Waals surface area contributed by atoms with E-state index in [1.54, 1.807) is 0 Å². The number of aliphatic hydroxyl groups excluding tert-OH is 2. The van der Waals surface area contributed by atoms with Gasteiger partial charge >= 0.3 is 0 Å². The molecule has 0 aliphatic rings. The lowest BCUT2D eigenvalue weighted by molar-refractivity contribution is 0.0955. The SMILES string of the molecule is OCC(O)c1cc(Cl)nc(Cl)c1. The van der Waals surface area contributed by atoms with Crippen LogP contribution in [0.4, 0.5) is 0 Å². The molecule has 2 N–H and O–H groups in total. The molecule has 1 aromatic heterocycles. The summed E-state index contributed by atoms with van der Waals surface area (Å²) in [6.07, 6.45) is -0.956. The topological polar surface area (TPSA) is 53.4 Å². The molecule has 12 heavy (non-hydrogen) atoms. The van der Waals surface area contributed by atoms with Gasteiger partial charge in [-0.3, -0.25) is 0 Å². The Labute approximate surface area is 79.6 Å². The van der Waals surface area contributed by atoms with E-state index >= 15 is 0 Å². The smallest absolute Gasteiger partial charge is 0.131 e. The maximum absolute atomic E-state index is 9.18. The zero-order valence-electron chi connectivity index (χ0n) is 6.04. The zero-order chi connectivity index (χ0) is 9.14. The van der Waals surface area contributed by atoms with E-state index in [0.29, 0.717) is 5.56 Å². The van der Waals surface area contributed by atoms with Gasteiger partial charge in [-0.1, -0.05) is 23.2 Å². The largest absolute Gasteiger partial charge is 0.393 e. The van der Waals surface area contributed by atoms with Crippen LogP contribution in [-0.4, -0.2) is 21.8 Å². The maximum atomic E-state index is 9.18. The van der Waals surface area contributed by atoms with Crippen LogP contribution in [0.25, 0.3) is 0 Å². The van der Waals surface area contributed by atoms with Gasteiger partial charge in [-0.05, 0) is 17.7 Å². The second kappa shape index (κ2) is 4.05. The van der Waals surface area contributed by atoms with E-state index < -0.39 is 6.10 Å². The standard InChI is InChI=1S/C7H7Cl2NO2/c8-6-1-4(5(12)3-11)2-7(9)10-6/h1-2,5,11-12H,3H2. The molecule has 1 heterocycles. The van der Waals surface area contributed by atoms with Crippen molar-refractivity contribution in [3.63, 3.8) is 0 Å². The zero-order valence-corrected chi connectivity index (χ0v) is 7.55. The Bertz CT molecular complexity index is 260. The summed E-state index contributed by atoms with van der Waals surface area (Å²) in [5.41, 5.74) is 0.461. The number of nitrogens with zero attached hydrogens (tertiary/aromatic N) is 1. The fourth-order valence-electron chi connectivity index (χ4n) is 0.781. The van der Waals surface area contributed by atoms with Crippen molar-refractivity contribution in [3.05, 3.63) is 28.0 Å². The monoisotopic (exact) mass is 207 g/mol. The van der Waals surface area contributed by atoms with Crippen LogP contribution < -0.4 is 0 Å². The molecular weight excluding hydrogens is 201 g/mol. The quantitative estimate of drug-likeness (QED) is 0.722. The number of aromatic nitrogens is 1. The summed E-state index contributed by atoms with van der Waals surface area (Å²) in [6, 6.07) is 2.91. The van der Waals surface area contributed by atoms with Crippen molar-refractivity contribution >= 4 is 23.2 Å². The Morgan fingerprint density at radius 2 is 1.83 bits per heavy atom. The molecule has 1 aromatic rings. The van der Waals surface area contributed by atoms with Crippen LogP contribution in [0.3, 0.4) is 0 Å². The summed E-state index contributed by atoms with van der Waals surface area (Å²) < 4.78 is 0. The molecule has 5 heteroatoms. The first kappa shape index (κ1) is 9.74. The van der Waals surface area contributed by atoms with Gasteiger partial charge in [0.25, 0.3) is 0 Å². The molecule has 0 bridgehead atoms. The Morgan fingerprint density at radius 1 is 1.33 bits per heavy atom. The molecule has 1 atom stereocenters. The maximum Gasteiger partial charge on any atom is 0.131 e. The van der Waals surface area contributed by atoms with Gasteiger partial charge in [-0.15, -0.1) is 0 Å². The fourth-order valence-corrected chi connectivity index (χ4v) is 1.26. The van der Waals surface area contributed by atoms with E-state index in [0.717, 1.165) is 0 Å². The number of hydrogen-bond donors (Lipinski definition) is 2. The number of aliphatic hydroxyl groups is 2. The molecule has 0 amide bonds. The van der Waals surface area contributed by atoms with E-state index in [-0.39, 0.29) is 16.9 Å². The predicted octanol–water partition coefficient (Wildman–Crippen LogP) is 1.41. The molecule has 0 radical (unpaired) electrons. The first-order chi connectivity index (χ1) is 5.63. The van der Waals surface area contributed by atoms with Crippen LogP contribution in [0.1, 0.15) is 11.7 Å². The van der Waals surface area contributed by atoms with Crippen molar-refractivity contribution in [2.24, 2.45) is 0 Å². The van der Waals surface area contributed by atoms with Gasteiger partial charge in [0.1, 0.15) is 16.4 Å². The first-order valence-electron chi connectivity index (χ1n) is 3.25. The highest BCUT2D eigenvalue weighted by molar-refractivity contribution is 6.32.